The molecule has 0 saturated carbocycles. The smallest absolute Gasteiger partial charge is 0.200 e. The van der Waals surface area contributed by atoms with Gasteiger partial charge in [0.15, 0.2) is 0 Å². The SMILES string of the molecule is COc1ccc(-c2c(C)oc3c(CN4CCCOC4)c(O)ccc3c2=O)cc1. The van der Waals surface area contributed by atoms with Gasteiger partial charge < -0.3 is 19.0 Å². The summed E-state index contributed by atoms with van der Waals surface area (Å²) in [5, 5.41) is 10.9. The maximum Gasteiger partial charge on any atom is 0.200 e. The second kappa shape index (κ2) is 7.66. The summed E-state index contributed by atoms with van der Waals surface area (Å²) in [5.41, 5.74) is 2.23. The van der Waals surface area contributed by atoms with Crippen LogP contribution in [0, 0.1) is 6.92 Å². The minimum atomic E-state index is -0.111. The van der Waals surface area contributed by atoms with Crippen LogP contribution in [0.3, 0.4) is 0 Å². The van der Waals surface area contributed by atoms with Crippen molar-refractivity contribution < 1.29 is 19.0 Å². The molecule has 0 radical (unpaired) electrons. The fourth-order valence-corrected chi connectivity index (χ4v) is 3.65. The number of benzene rings is 2. The highest BCUT2D eigenvalue weighted by Gasteiger charge is 2.20. The van der Waals surface area contributed by atoms with Gasteiger partial charge in [-0.05, 0) is 43.2 Å². The molecule has 1 N–H and O–H groups in total. The highest BCUT2D eigenvalue weighted by molar-refractivity contribution is 5.86. The van der Waals surface area contributed by atoms with Crippen LogP contribution in [0.5, 0.6) is 11.5 Å². The summed E-state index contributed by atoms with van der Waals surface area (Å²) in [7, 11) is 1.60. The predicted octanol–water partition coefficient (Wildman–Crippen LogP) is 3.66. The molecule has 3 aromatic rings. The number of phenols is 1. The van der Waals surface area contributed by atoms with E-state index < -0.39 is 0 Å². The summed E-state index contributed by atoms with van der Waals surface area (Å²) in [6, 6.07) is 10.5. The van der Waals surface area contributed by atoms with Crippen molar-refractivity contribution >= 4 is 11.0 Å². The van der Waals surface area contributed by atoms with Crippen molar-refractivity contribution in [3.05, 3.63) is 57.9 Å². The van der Waals surface area contributed by atoms with Gasteiger partial charge in [0.05, 0.1) is 30.4 Å². The van der Waals surface area contributed by atoms with Gasteiger partial charge in [-0.25, -0.2) is 0 Å². The predicted molar refractivity (Wildman–Crippen MR) is 107 cm³/mol. The van der Waals surface area contributed by atoms with E-state index in [1.54, 1.807) is 26.2 Å². The number of fused-ring (bicyclic) bond motifs is 1. The van der Waals surface area contributed by atoms with Crippen molar-refractivity contribution in [1.82, 2.24) is 4.90 Å². The molecule has 1 fully saturated rings. The van der Waals surface area contributed by atoms with E-state index in [2.05, 4.69) is 4.90 Å². The first-order chi connectivity index (χ1) is 13.6. The normalized spacial score (nSPS) is 15.1. The monoisotopic (exact) mass is 381 g/mol. The zero-order valence-corrected chi connectivity index (χ0v) is 16.0. The summed E-state index contributed by atoms with van der Waals surface area (Å²) in [6.07, 6.45) is 0.941. The molecule has 0 bridgehead atoms. The lowest BCUT2D eigenvalue weighted by atomic mass is 10.0. The number of rotatable bonds is 4. The Bertz CT molecular complexity index is 1050. The van der Waals surface area contributed by atoms with Gasteiger partial charge in [-0.1, -0.05) is 12.1 Å². The van der Waals surface area contributed by atoms with Gasteiger partial charge in [0.2, 0.25) is 5.43 Å². The molecule has 4 rings (SSSR count). The summed E-state index contributed by atoms with van der Waals surface area (Å²) in [6.45, 7) is 4.37. The van der Waals surface area contributed by atoms with Crippen LogP contribution in [0.25, 0.3) is 22.1 Å². The summed E-state index contributed by atoms with van der Waals surface area (Å²) in [4.78, 5) is 15.3. The molecule has 2 aromatic carbocycles. The minimum absolute atomic E-state index is 0.111. The van der Waals surface area contributed by atoms with Crippen molar-refractivity contribution in [2.45, 2.75) is 19.9 Å². The number of nitrogens with zero attached hydrogens (tertiary/aromatic N) is 1. The first kappa shape index (κ1) is 18.5. The van der Waals surface area contributed by atoms with E-state index in [-0.39, 0.29) is 11.2 Å². The molecule has 0 spiro atoms. The summed E-state index contributed by atoms with van der Waals surface area (Å²) >= 11 is 0. The Morgan fingerprint density at radius 3 is 2.64 bits per heavy atom. The lowest BCUT2D eigenvalue weighted by Gasteiger charge is -2.27. The van der Waals surface area contributed by atoms with Gasteiger partial charge in [-0.3, -0.25) is 9.69 Å². The number of aryl methyl sites for hydroxylation is 1. The van der Waals surface area contributed by atoms with E-state index in [9.17, 15) is 9.90 Å². The van der Waals surface area contributed by atoms with Crippen LogP contribution >= 0.6 is 0 Å². The van der Waals surface area contributed by atoms with Gasteiger partial charge in [0, 0.05) is 19.7 Å². The lowest BCUT2D eigenvalue weighted by molar-refractivity contribution is -0.0178. The zero-order valence-electron chi connectivity index (χ0n) is 16.0. The molecule has 0 amide bonds. The van der Waals surface area contributed by atoms with Crippen LogP contribution in [-0.2, 0) is 11.3 Å². The van der Waals surface area contributed by atoms with E-state index in [0.29, 0.717) is 41.1 Å². The quantitative estimate of drug-likeness (QED) is 0.744. The van der Waals surface area contributed by atoms with Gasteiger partial charge >= 0.3 is 0 Å². The van der Waals surface area contributed by atoms with Crippen molar-refractivity contribution in [2.24, 2.45) is 0 Å². The topological polar surface area (TPSA) is 72.1 Å². The van der Waals surface area contributed by atoms with E-state index in [1.807, 2.05) is 24.3 Å². The average molecular weight is 381 g/mol. The van der Waals surface area contributed by atoms with E-state index in [4.69, 9.17) is 13.9 Å². The molecule has 2 heterocycles. The van der Waals surface area contributed by atoms with Crippen LogP contribution < -0.4 is 10.2 Å². The second-order valence-electron chi connectivity index (χ2n) is 6.97. The number of aromatic hydroxyl groups is 1. The minimum Gasteiger partial charge on any atom is -0.507 e. The molecule has 1 saturated heterocycles. The molecule has 146 valence electrons. The average Bonchev–Trinajstić information content (AvgIpc) is 2.71. The molecule has 28 heavy (non-hydrogen) atoms. The highest BCUT2D eigenvalue weighted by atomic mass is 16.5. The highest BCUT2D eigenvalue weighted by Crippen LogP contribution is 2.31. The first-order valence-corrected chi connectivity index (χ1v) is 9.31. The third-order valence-corrected chi connectivity index (χ3v) is 5.11. The van der Waals surface area contributed by atoms with Crippen LogP contribution in [-0.4, -0.2) is 37.0 Å². The maximum atomic E-state index is 13.2. The standard InChI is InChI=1S/C22H23NO5/c1-14-20(15-4-6-16(26-2)7-5-15)21(25)17-8-9-19(24)18(22(17)28-14)12-23-10-3-11-27-13-23/h4-9,24H,3,10-13H2,1-2H3. The van der Waals surface area contributed by atoms with Gasteiger partial charge in [-0.2, -0.15) is 0 Å². The number of hydrogen-bond donors (Lipinski definition) is 1. The molecule has 1 aliphatic rings. The molecular weight excluding hydrogens is 358 g/mol. The Morgan fingerprint density at radius 2 is 1.96 bits per heavy atom. The van der Waals surface area contributed by atoms with Crippen LogP contribution in [0.1, 0.15) is 17.7 Å². The van der Waals surface area contributed by atoms with Crippen molar-refractivity contribution in [3.8, 4) is 22.6 Å². The molecular formula is C22H23NO5. The van der Waals surface area contributed by atoms with Gasteiger partial charge in [0.25, 0.3) is 0 Å². The summed E-state index contributed by atoms with van der Waals surface area (Å²) in [5.74, 6) is 1.37. The molecule has 6 nitrogen and oxygen atoms in total. The van der Waals surface area contributed by atoms with Crippen LogP contribution in [0.2, 0.25) is 0 Å². The number of methoxy groups -OCH3 is 1. The number of hydrogen-bond acceptors (Lipinski definition) is 6. The summed E-state index contributed by atoms with van der Waals surface area (Å²) < 4.78 is 16.8. The third-order valence-electron chi connectivity index (χ3n) is 5.11. The van der Waals surface area contributed by atoms with E-state index in [0.717, 1.165) is 30.9 Å². The van der Waals surface area contributed by atoms with Crippen LogP contribution in [0.4, 0.5) is 0 Å². The van der Waals surface area contributed by atoms with Gasteiger partial charge in [-0.15, -0.1) is 0 Å². The Hall–Kier alpha value is -2.83. The van der Waals surface area contributed by atoms with Crippen LogP contribution in [0.15, 0.2) is 45.6 Å². The Balaban J connectivity index is 1.83. The molecule has 0 aliphatic carbocycles. The molecule has 6 heteroatoms. The number of phenolic OH excluding ortho intramolecular Hbond substituents is 1. The lowest BCUT2D eigenvalue weighted by Crippen LogP contribution is -2.32. The molecule has 0 atom stereocenters. The second-order valence-corrected chi connectivity index (χ2v) is 6.97. The number of ether oxygens (including phenoxy) is 2. The first-order valence-electron chi connectivity index (χ1n) is 9.31. The van der Waals surface area contributed by atoms with Crippen molar-refractivity contribution in [3.63, 3.8) is 0 Å². The van der Waals surface area contributed by atoms with Gasteiger partial charge in [0.1, 0.15) is 22.8 Å². The molecule has 0 unspecified atom stereocenters. The van der Waals surface area contributed by atoms with Crippen molar-refractivity contribution in [1.29, 1.82) is 0 Å². The maximum absolute atomic E-state index is 13.2. The Kier molecular flexibility index (Phi) is 5.07. The fraction of sp³-hybridized carbons (Fsp3) is 0.318. The third kappa shape index (κ3) is 3.37. The molecule has 1 aliphatic heterocycles. The Labute approximate surface area is 162 Å². The Morgan fingerprint density at radius 1 is 1.18 bits per heavy atom. The van der Waals surface area contributed by atoms with E-state index in [1.165, 1.54) is 0 Å². The zero-order chi connectivity index (χ0) is 19.7. The van der Waals surface area contributed by atoms with E-state index >= 15 is 0 Å². The molecule has 1 aromatic heterocycles. The fourth-order valence-electron chi connectivity index (χ4n) is 3.65. The van der Waals surface area contributed by atoms with Crippen molar-refractivity contribution in [2.75, 3.05) is 27.0 Å². The largest absolute Gasteiger partial charge is 0.507 e.